The molecule has 1 aromatic rings. The van der Waals surface area contributed by atoms with Crippen molar-refractivity contribution in [2.45, 2.75) is 25.2 Å². The summed E-state index contributed by atoms with van der Waals surface area (Å²) in [5, 5.41) is 2.66. The van der Waals surface area contributed by atoms with Gasteiger partial charge in [0, 0.05) is 11.3 Å². The van der Waals surface area contributed by atoms with Gasteiger partial charge in [-0.15, -0.1) is 0 Å². The number of halogens is 2. The summed E-state index contributed by atoms with van der Waals surface area (Å²) in [6, 6.07) is 0. The molecule has 1 aromatic heterocycles. The first-order valence-electron chi connectivity index (χ1n) is 5.27. The Morgan fingerprint density at radius 2 is 2.19 bits per heavy atom. The molecule has 0 fully saturated rings. The molecule has 0 atom stereocenters. The molecule has 16 heavy (non-hydrogen) atoms. The van der Waals surface area contributed by atoms with E-state index in [9.17, 15) is 8.78 Å². The zero-order valence-electron chi connectivity index (χ0n) is 8.84. The number of hydrogen-bond acceptors (Lipinski definition) is 4. The highest BCUT2D eigenvalue weighted by molar-refractivity contribution is 5.48. The van der Waals surface area contributed by atoms with Gasteiger partial charge in [-0.1, -0.05) is 0 Å². The van der Waals surface area contributed by atoms with Crippen molar-refractivity contribution in [3.05, 3.63) is 17.6 Å². The molecule has 0 bridgehead atoms. The number of alkyl halides is 2. The molecule has 88 valence electrons. The largest absolute Gasteiger partial charge is 0.364 e. The van der Waals surface area contributed by atoms with E-state index < -0.39 is 19.0 Å². The van der Waals surface area contributed by atoms with Crippen molar-refractivity contribution < 1.29 is 8.78 Å². The Balaban J connectivity index is 2.08. The van der Waals surface area contributed by atoms with Gasteiger partial charge < -0.3 is 11.1 Å². The number of aryl methyl sites for hydroxylation is 1. The fraction of sp³-hybridized carbons (Fsp3) is 0.600. The van der Waals surface area contributed by atoms with E-state index in [1.807, 2.05) is 0 Å². The molecule has 0 radical (unpaired) electrons. The van der Waals surface area contributed by atoms with Crippen LogP contribution in [0.15, 0.2) is 6.33 Å². The molecule has 0 unspecified atom stereocenters. The highest BCUT2D eigenvalue weighted by Gasteiger charge is 2.27. The highest BCUT2D eigenvalue weighted by atomic mass is 19.3. The van der Waals surface area contributed by atoms with Crippen LogP contribution < -0.4 is 11.1 Å². The van der Waals surface area contributed by atoms with Crippen LogP contribution >= 0.6 is 0 Å². The first kappa shape index (κ1) is 11.2. The normalized spacial score (nSPS) is 14.9. The predicted molar refractivity (Wildman–Crippen MR) is 56.5 cm³/mol. The third kappa shape index (κ3) is 2.27. The first-order valence-corrected chi connectivity index (χ1v) is 5.27. The van der Waals surface area contributed by atoms with E-state index >= 15 is 0 Å². The Hall–Kier alpha value is -1.30. The molecule has 0 saturated carbocycles. The second kappa shape index (κ2) is 4.29. The van der Waals surface area contributed by atoms with Crippen molar-refractivity contribution in [1.82, 2.24) is 9.97 Å². The molecule has 1 heterocycles. The van der Waals surface area contributed by atoms with E-state index in [1.165, 1.54) is 6.33 Å². The van der Waals surface area contributed by atoms with Gasteiger partial charge in [0.1, 0.15) is 12.1 Å². The van der Waals surface area contributed by atoms with Gasteiger partial charge in [-0.3, -0.25) is 0 Å². The number of anilines is 1. The molecule has 3 N–H and O–H groups in total. The van der Waals surface area contributed by atoms with Crippen LogP contribution in [0.4, 0.5) is 14.6 Å². The smallest absolute Gasteiger partial charge is 0.276 e. The van der Waals surface area contributed by atoms with Gasteiger partial charge in [-0.2, -0.15) is 0 Å². The molecule has 0 aromatic carbocycles. The first-order chi connectivity index (χ1) is 7.62. The minimum atomic E-state index is -2.89. The van der Waals surface area contributed by atoms with Crippen molar-refractivity contribution in [3.63, 3.8) is 0 Å². The van der Waals surface area contributed by atoms with E-state index in [2.05, 4.69) is 15.3 Å². The van der Waals surface area contributed by atoms with Crippen molar-refractivity contribution in [1.29, 1.82) is 0 Å². The third-order valence-electron chi connectivity index (χ3n) is 2.69. The van der Waals surface area contributed by atoms with Crippen molar-refractivity contribution in [2.75, 3.05) is 18.4 Å². The number of rotatable bonds is 4. The van der Waals surface area contributed by atoms with Gasteiger partial charge in [0.2, 0.25) is 0 Å². The van der Waals surface area contributed by atoms with Crippen LogP contribution in [0.3, 0.4) is 0 Å². The van der Waals surface area contributed by atoms with Crippen molar-refractivity contribution >= 4 is 5.82 Å². The van der Waals surface area contributed by atoms with Gasteiger partial charge in [0.25, 0.3) is 5.92 Å². The number of hydrogen-bond donors (Lipinski definition) is 2. The minimum Gasteiger partial charge on any atom is -0.364 e. The molecule has 0 aliphatic heterocycles. The number of fused-ring (bicyclic) bond motifs is 1. The van der Waals surface area contributed by atoms with Gasteiger partial charge in [0.05, 0.1) is 13.1 Å². The molecular weight excluding hydrogens is 214 g/mol. The Morgan fingerprint density at radius 1 is 1.38 bits per heavy atom. The van der Waals surface area contributed by atoms with E-state index in [-0.39, 0.29) is 0 Å². The zero-order chi connectivity index (χ0) is 11.6. The maximum Gasteiger partial charge on any atom is 0.276 e. The Morgan fingerprint density at radius 3 is 2.94 bits per heavy atom. The van der Waals surface area contributed by atoms with Crippen LogP contribution in [0, 0.1) is 0 Å². The zero-order valence-corrected chi connectivity index (χ0v) is 8.84. The summed E-state index contributed by atoms with van der Waals surface area (Å²) in [5.74, 6) is -2.37. The molecule has 0 amide bonds. The quantitative estimate of drug-likeness (QED) is 0.806. The van der Waals surface area contributed by atoms with E-state index in [0.29, 0.717) is 5.82 Å². The van der Waals surface area contributed by atoms with E-state index in [4.69, 9.17) is 5.73 Å². The van der Waals surface area contributed by atoms with Crippen LogP contribution in [-0.4, -0.2) is 29.0 Å². The Labute approximate surface area is 92.3 Å². The number of nitrogens with one attached hydrogen (secondary N) is 1. The average Bonchev–Trinajstić information content (AvgIpc) is 2.75. The molecule has 2 rings (SSSR count). The second-order valence-corrected chi connectivity index (χ2v) is 3.91. The third-order valence-corrected chi connectivity index (χ3v) is 2.69. The standard InChI is InChI=1S/C10H14F2N4/c11-10(12,4-13)5-14-9-7-2-1-3-8(7)15-6-16-9/h6H,1-5,13H2,(H,14,15,16). The summed E-state index contributed by atoms with van der Waals surface area (Å²) < 4.78 is 25.9. The number of nitrogens with two attached hydrogens (primary N) is 1. The minimum absolute atomic E-state index is 0.479. The molecule has 1 aliphatic carbocycles. The topological polar surface area (TPSA) is 63.8 Å². The summed E-state index contributed by atoms with van der Waals surface area (Å²) in [7, 11) is 0. The van der Waals surface area contributed by atoms with Gasteiger partial charge >= 0.3 is 0 Å². The van der Waals surface area contributed by atoms with Gasteiger partial charge in [-0.05, 0) is 19.3 Å². The van der Waals surface area contributed by atoms with Gasteiger partial charge in [0.15, 0.2) is 0 Å². The summed E-state index contributed by atoms with van der Waals surface area (Å²) in [6.45, 7) is -1.14. The van der Waals surface area contributed by atoms with Crippen molar-refractivity contribution in [3.8, 4) is 0 Å². The van der Waals surface area contributed by atoms with Crippen molar-refractivity contribution in [2.24, 2.45) is 5.73 Å². The second-order valence-electron chi connectivity index (χ2n) is 3.91. The Bertz CT molecular complexity index is 381. The molecule has 1 aliphatic rings. The monoisotopic (exact) mass is 228 g/mol. The molecule has 4 nitrogen and oxygen atoms in total. The summed E-state index contributed by atoms with van der Waals surface area (Å²) in [6.07, 6.45) is 4.18. The van der Waals surface area contributed by atoms with Gasteiger partial charge in [-0.25, -0.2) is 18.7 Å². The lowest BCUT2D eigenvalue weighted by atomic mass is 10.2. The molecular formula is C10H14F2N4. The van der Waals surface area contributed by atoms with E-state index in [0.717, 1.165) is 30.5 Å². The maximum absolute atomic E-state index is 13.0. The highest BCUT2D eigenvalue weighted by Crippen LogP contribution is 2.25. The molecule has 0 spiro atoms. The summed E-state index contributed by atoms with van der Waals surface area (Å²) in [5.41, 5.74) is 6.89. The molecule has 6 heteroatoms. The fourth-order valence-corrected chi connectivity index (χ4v) is 1.80. The lowest BCUT2D eigenvalue weighted by molar-refractivity contribution is 0.0253. The number of nitrogens with zero attached hydrogens (tertiary/aromatic N) is 2. The average molecular weight is 228 g/mol. The summed E-state index contributed by atoms with van der Waals surface area (Å²) in [4.78, 5) is 8.11. The summed E-state index contributed by atoms with van der Waals surface area (Å²) >= 11 is 0. The number of aromatic nitrogens is 2. The van der Waals surface area contributed by atoms with Crippen LogP contribution in [0.1, 0.15) is 17.7 Å². The maximum atomic E-state index is 13.0. The lowest BCUT2D eigenvalue weighted by Crippen LogP contribution is -2.35. The SMILES string of the molecule is NCC(F)(F)CNc1ncnc2c1CCC2. The van der Waals surface area contributed by atoms with Crippen LogP contribution in [-0.2, 0) is 12.8 Å². The lowest BCUT2D eigenvalue weighted by Gasteiger charge is -2.16. The molecule has 0 saturated heterocycles. The van der Waals surface area contributed by atoms with Crippen LogP contribution in [0.25, 0.3) is 0 Å². The van der Waals surface area contributed by atoms with Crippen LogP contribution in [0.5, 0.6) is 0 Å². The predicted octanol–water partition coefficient (Wildman–Crippen LogP) is 0.971. The van der Waals surface area contributed by atoms with E-state index in [1.54, 1.807) is 0 Å². The fourth-order valence-electron chi connectivity index (χ4n) is 1.80. The Kier molecular flexibility index (Phi) is 3.00. The van der Waals surface area contributed by atoms with Crippen LogP contribution in [0.2, 0.25) is 0 Å².